The van der Waals surface area contributed by atoms with Crippen LogP contribution in [0.3, 0.4) is 0 Å². The molecule has 4 nitrogen and oxygen atoms in total. The van der Waals surface area contributed by atoms with Crippen LogP contribution in [0.4, 0.5) is 5.82 Å². The van der Waals surface area contributed by atoms with Gasteiger partial charge in [0.25, 0.3) is 0 Å². The molecular formula is C14H13N3OS. The van der Waals surface area contributed by atoms with Gasteiger partial charge >= 0.3 is 0 Å². The molecule has 0 bridgehead atoms. The van der Waals surface area contributed by atoms with E-state index in [2.05, 4.69) is 15.5 Å². The molecule has 1 atom stereocenters. The van der Waals surface area contributed by atoms with Crippen molar-refractivity contribution in [2.75, 3.05) is 11.9 Å². The summed E-state index contributed by atoms with van der Waals surface area (Å²) in [4.78, 5) is 0. The molecule has 2 N–H and O–H groups in total. The lowest BCUT2D eigenvalue weighted by Gasteiger charge is -2.12. The Labute approximate surface area is 114 Å². The summed E-state index contributed by atoms with van der Waals surface area (Å²) in [6.07, 6.45) is 1.20. The lowest BCUT2D eigenvalue weighted by atomic mass is 10.2. The second-order valence-corrected chi connectivity index (χ2v) is 5.01. The number of fused-ring (bicyclic) bond motifs is 1. The van der Waals surface area contributed by atoms with Gasteiger partial charge in [0.15, 0.2) is 5.82 Å². The van der Waals surface area contributed by atoms with Gasteiger partial charge in [-0.1, -0.05) is 24.3 Å². The van der Waals surface area contributed by atoms with Crippen molar-refractivity contribution in [3.05, 3.63) is 52.9 Å². The van der Waals surface area contributed by atoms with Crippen LogP contribution >= 0.6 is 11.3 Å². The van der Waals surface area contributed by atoms with Gasteiger partial charge in [0.1, 0.15) is 0 Å². The maximum absolute atomic E-state index is 10.0. The summed E-state index contributed by atoms with van der Waals surface area (Å²) in [5.74, 6) is 0.701. The van der Waals surface area contributed by atoms with E-state index in [4.69, 9.17) is 0 Å². The fourth-order valence-electron chi connectivity index (χ4n) is 1.93. The van der Waals surface area contributed by atoms with Crippen molar-refractivity contribution < 1.29 is 5.11 Å². The SMILES string of the molecule is OC(CNc1nncc2ccccc12)c1ccsc1. The van der Waals surface area contributed by atoms with Crippen LogP contribution in [0, 0.1) is 0 Å². The van der Waals surface area contributed by atoms with E-state index in [9.17, 15) is 5.11 Å². The highest BCUT2D eigenvalue weighted by molar-refractivity contribution is 7.07. The van der Waals surface area contributed by atoms with E-state index in [1.807, 2.05) is 41.1 Å². The van der Waals surface area contributed by atoms with Gasteiger partial charge in [-0.2, -0.15) is 16.4 Å². The average Bonchev–Trinajstić information content (AvgIpc) is 2.99. The molecule has 0 fully saturated rings. The van der Waals surface area contributed by atoms with Crippen LogP contribution in [-0.4, -0.2) is 21.8 Å². The lowest BCUT2D eigenvalue weighted by molar-refractivity contribution is 0.192. The first kappa shape index (κ1) is 12.1. The summed E-state index contributed by atoms with van der Waals surface area (Å²) in [5.41, 5.74) is 0.922. The molecule has 0 radical (unpaired) electrons. The van der Waals surface area contributed by atoms with Gasteiger partial charge in [0.05, 0.1) is 12.3 Å². The van der Waals surface area contributed by atoms with Crippen molar-refractivity contribution in [1.82, 2.24) is 10.2 Å². The number of aliphatic hydroxyl groups is 1. The molecule has 0 saturated carbocycles. The second-order valence-electron chi connectivity index (χ2n) is 4.23. The van der Waals surface area contributed by atoms with Crippen LogP contribution in [-0.2, 0) is 0 Å². The van der Waals surface area contributed by atoms with Gasteiger partial charge in [0.2, 0.25) is 0 Å². The number of anilines is 1. The molecule has 0 aliphatic heterocycles. The summed E-state index contributed by atoms with van der Waals surface area (Å²) < 4.78 is 0. The van der Waals surface area contributed by atoms with Crippen molar-refractivity contribution in [1.29, 1.82) is 0 Å². The molecule has 0 amide bonds. The third kappa shape index (κ3) is 2.57. The summed E-state index contributed by atoms with van der Waals surface area (Å²) in [6.45, 7) is 0.416. The van der Waals surface area contributed by atoms with Gasteiger partial charge in [-0.3, -0.25) is 0 Å². The van der Waals surface area contributed by atoms with Crippen molar-refractivity contribution >= 4 is 27.9 Å². The third-order valence-corrected chi connectivity index (χ3v) is 3.66. The van der Waals surface area contributed by atoms with Crippen molar-refractivity contribution in [2.45, 2.75) is 6.10 Å². The number of thiophene rings is 1. The van der Waals surface area contributed by atoms with E-state index in [1.165, 1.54) is 0 Å². The Hall–Kier alpha value is -1.98. The number of nitrogens with one attached hydrogen (secondary N) is 1. The molecule has 0 spiro atoms. The van der Waals surface area contributed by atoms with Crippen molar-refractivity contribution in [3.8, 4) is 0 Å². The quantitative estimate of drug-likeness (QED) is 0.766. The van der Waals surface area contributed by atoms with Crippen molar-refractivity contribution in [2.24, 2.45) is 0 Å². The molecule has 0 saturated heterocycles. The second kappa shape index (κ2) is 5.34. The Kier molecular flexibility index (Phi) is 3.39. The normalized spacial score (nSPS) is 12.5. The number of rotatable bonds is 4. The van der Waals surface area contributed by atoms with E-state index in [0.717, 1.165) is 16.3 Å². The van der Waals surface area contributed by atoms with E-state index < -0.39 is 6.10 Å². The number of hydrogen-bond donors (Lipinski definition) is 2. The van der Waals surface area contributed by atoms with Crippen LogP contribution in [0.5, 0.6) is 0 Å². The van der Waals surface area contributed by atoms with Gasteiger partial charge in [0, 0.05) is 17.3 Å². The zero-order valence-electron chi connectivity index (χ0n) is 10.2. The Morgan fingerprint density at radius 2 is 2.16 bits per heavy atom. The smallest absolute Gasteiger partial charge is 0.156 e. The fourth-order valence-corrected chi connectivity index (χ4v) is 2.64. The standard InChI is InChI=1S/C14H13N3OS/c18-13(11-5-6-19-9-11)8-15-14-12-4-2-1-3-10(12)7-16-17-14/h1-7,9,13,18H,8H2,(H,15,17). The highest BCUT2D eigenvalue weighted by atomic mass is 32.1. The van der Waals surface area contributed by atoms with E-state index >= 15 is 0 Å². The summed E-state index contributed by atoms with van der Waals surface area (Å²) in [6, 6.07) is 9.83. The summed E-state index contributed by atoms with van der Waals surface area (Å²) >= 11 is 1.58. The van der Waals surface area contributed by atoms with Gasteiger partial charge < -0.3 is 10.4 Å². The first-order chi connectivity index (χ1) is 9.34. The minimum atomic E-state index is -0.535. The summed E-state index contributed by atoms with van der Waals surface area (Å²) in [7, 11) is 0. The monoisotopic (exact) mass is 271 g/mol. The molecule has 2 heterocycles. The van der Waals surface area contributed by atoms with Crippen LogP contribution in [0.2, 0.25) is 0 Å². The predicted molar refractivity (Wildman–Crippen MR) is 77.3 cm³/mol. The van der Waals surface area contributed by atoms with E-state index in [-0.39, 0.29) is 0 Å². The molecule has 96 valence electrons. The molecule has 5 heteroatoms. The molecule has 0 aliphatic rings. The first-order valence-corrected chi connectivity index (χ1v) is 6.93. The highest BCUT2D eigenvalue weighted by Gasteiger charge is 2.09. The third-order valence-electron chi connectivity index (χ3n) is 2.96. The Morgan fingerprint density at radius 1 is 1.26 bits per heavy atom. The maximum atomic E-state index is 10.0. The molecule has 3 rings (SSSR count). The number of aromatic nitrogens is 2. The molecule has 19 heavy (non-hydrogen) atoms. The molecule has 0 aliphatic carbocycles. The number of benzene rings is 1. The molecule has 2 aromatic heterocycles. The van der Waals surface area contributed by atoms with Crippen LogP contribution in [0.1, 0.15) is 11.7 Å². The summed E-state index contributed by atoms with van der Waals surface area (Å²) in [5, 5.41) is 27.2. The maximum Gasteiger partial charge on any atom is 0.156 e. The van der Waals surface area contributed by atoms with Crippen molar-refractivity contribution in [3.63, 3.8) is 0 Å². The topological polar surface area (TPSA) is 58.0 Å². The predicted octanol–water partition coefficient (Wildman–Crippen LogP) is 2.84. The molecule has 3 aromatic rings. The van der Waals surface area contributed by atoms with Crippen LogP contribution in [0.15, 0.2) is 47.3 Å². The zero-order chi connectivity index (χ0) is 13.1. The number of nitrogens with zero attached hydrogens (tertiary/aromatic N) is 2. The molecule has 1 unspecified atom stereocenters. The first-order valence-electron chi connectivity index (χ1n) is 5.99. The van der Waals surface area contributed by atoms with E-state index in [0.29, 0.717) is 12.4 Å². The number of aliphatic hydroxyl groups excluding tert-OH is 1. The van der Waals surface area contributed by atoms with Gasteiger partial charge in [-0.05, 0) is 22.4 Å². The van der Waals surface area contributed by atoms with Crippen LogP contribution < -0.4 is 5.32 Å². The largest absolute Gasteiger partial charge is 0.387 e. The van der Waals surface area contributed by atoms with E-state index in [1.54, 1.807) is 17.5 Å². The molecular weight excluding hydrogens is 258 g/mol. The Morgan fingerprint density at radius 3 is 3.00 bits per heavy atom. The van der Waals surface area contributed by atoms with Gasteiger partial charge in [-0.25, -0.2) is 0 Å². The van der Waals surface area contributed by atoms with Gasteiger partial charge in [-0.15, -0.1) is 5.10 Å². The fraction of sp³-hybridized carbons (Fsp3) is 0.143. The minimum absolute atomic E-state index is 0.416. The number of hydrogen-bond acceptors (Lipinski definition) is 5. The lowest BCUT2D eigenvalue weighted by Crippen LogP contribution is -2.12. The zero-order valence-corrected chi connectivity index (χ0v) is 11.0. The average molecular weight is 271 g/mol. The van der Waals surface area contributed by atoms with Crippen LogP contribution in [0.25, 0.3) is 10.8 Å². The Bertz CT molecular complexity index is 664. The highest BCUT2D eigenvalue weighted by Crippen LogP contribution is 2.21. The minimum Gasteiger partial charge on any atom is -0.387 e. The Balaban J connectivity index is 1.79. The molecule has 1 aromatic carbocycles.